The van der Waals surface area contributed by atoms with Crippen LogP contribution in [0.3, 0.4) is 0 Å². The molecule has 7 heterocycles. The molecule has 5 aliphatic heterocycles. The number of carbonyl (C=O) groups is 6. The van der Waals surface area contributed by atoms with Gasteiger partial charge in [0.1, 0.15) is 35.9 Å². The molecule has 0 aliphatic carbocycles. The molecule has 18 nitrogen and oxygen atoms in total. The van der Waals surface area contributed by atoms with Crippen LogP contribution in [0.15, 0.2) is 48.8 Å². The Labute approximate surface area is 381 Å². The molecule has 5 aliphatic rings. The quantitative estimate of drug-likeness (QED) is 0.154. The van der Waals surface area contributed by atoms with Crippen molar-refractivity contribution in [2.45, 2.75) is 44.7 Å². The number of pyridine rings is 1. The van der Waals surface area contributed by atoms with Crippen molar-refractivity contribution in [1.29, 1.82) is 5.26 Å². The third-order valence-corrected chi connectivity index (χ3v) is 13.2. The fourth-order valence-corrected chi connectivity index (χ4v) is 9.47. The van der Waals surface area contributed by atoms with Crippen LogP contribution in [0.2, 0.25) is 5.02 Å². The number of nitrogens with one attached hydrogen (secondary N) is 3. The zero-order chi connectivity index (χ0) is 46.2. The molecule has 21 heteroatoms. The van der Waals surface area contributed by atoms with Gasteiger partial charge >= 0.3 is 0 Å². The average Bonchev–Trinajstić information content (AvgIpc) is 3.55. The summed E-state index contributed by atoms with van der Waals surface area (Å²) in [5.41, 5.74) is 2.65. The van der Waals surface area contributed by atoms with Crippen LogP contribution in [-0.4, -0.2) is 130 Å². The van der Waals surface area contributed by atoms with E-state index < -0.39 is 47.3 Å². The number of benzene rings is 2. The molecule has 3 fully saturated rings. The number of halogens is 3. The van der Waals surface area contributed by atoms with E-state index in [9.17, 15) is 34.0 Å². The predicted molar refractivity (Wildman–Crippen MR) is 234 cm³/mol. The lowest BCUT2D eigenvalue weighted by Gasteiger charge is -2.39. The van der Waals surface area contributed by atoms with Crippen LogP contribution in [0.4, 0.5) is 31.8 Å². The number of likely N-dealkylation sites (tertiary alicyclic amines) is 1. The van der Waals surface area contributed by atoms with Crippen molar-refractivity contribution in [3.63, 3.8) is 0 Å². The topological polar surface area (TPSA) is 217 Å². The largest absolute Gasteiger partial charge is 0.367 e. The number of carbonyl (C=O) groups excluding carboxylic acids is 6. The lowest BCUT2D eigenvalue weighted by molar-refractivity contribution is -0.136. The van der Waals surface area contributed by atoms with Gasteiger partial charge in [-0.3, -0.25) is 43.9 Å². The first-order valence-corrected chi connectivity index (χ1v) is 22.0. The Bertz CT molecular complexity index is 2720. The highest BCUT2D eigenvalue weighted by Gasteiger charge is 2.45. The summed E-state index contributed by atoms with van der Waals surface area (Å²) in [5, 5.41) is 17.3. The number of aromatic nitrogens is 3. The molecule has 66 heavy (non-hydrogen) atoms. The van der Waals surface area contributed by atoms with Crippen LogP contribution in [0.25, 0.3) is 0 Å². The van der Waals surface area contributed by atoms with Crippen LogP contribution < -0.4 is 25.8 Å². The van der Waals surface area contributed by atoms with E-state index in [2.05, 4.69) is 46.8 Å². The van der Waals surface area contributed by atoms with E-state index in [0.717, 1.165) is 47.3 Å². The third kappa shape index (κ3) is 8.83. The van der Waals surface area contributed by atoms with Gasteiger partial charge in [-0.25, -0.2) is 19.3 Å². The van der Waals surface area contributed by atoms with Crippen LogP contribution in [-0.2, 0) is 27.3 Å². The minimum Gasteiger partial charge on any atom is -0.367 e. The highest BCUT2D eigenvalue weighted by molar-refractivity contribution is 6.32. The number of nitriles is 1. The van der Waals surface area contributed by atoms with Gasteiger partial charge in [-0.05, 0) is 74.1 Å². The predicted octanol–water partition coefficient (Wildman–Crippen LogP) is 3.17. The van der Waals surface area contributed by atoms with Crippen molar-refractivity contribution in [2.24, 2.45) is 5.92 Å². The maximum Gasteiger partial charge on any atom is 0.262 e. The maximum absolute atomic E-state index is 15.4. The summed E-state index contributed by atoms with van der Waals surface area (Å²) in [6.07, 6.45) is 3.45. The van der Waals surface area contributed by atoms with Gasteiger partial charge in [0, 0.05) is 70.0 Å². The van der Waals surface area contributed by atoms with Crippen LogP contribution >= 0.6 is 11.6 Å². The molecule has 1 atom stereocenters. The molecule has 1 unspecified atom stereocenters. The van der Waals surface area contributed by atoms with E-state index in [-0.39, 0.29) is 53.5 Å². The third-order valence-electron chi connectivity index (χ3n) is 12.9. The SMILES string of the molecule is N#Cc1ccc(N2CCc3c(ncnc3Nc3ccc(C(=O)NCC(=O)N4CCC(CN5CCN(c6cc7c(cc6F)C(=O)N(C6CCC(=O)NC6=O)C7=O)CC5)CC4)c(F)n3)C2)cc1Cl. The Morgan fingerprint density at radius 3 is 2.35 bits per heavy atom. The smallest absolute Gasteiger partial charge is 0.262 e. The second-order valence-electron chi connectivity index (χ2n) is 16.8. The molecule has 4 aromatic rings. The van der Waals surface area contributed by atoms with Crippen molar-refractivity contribution in [2.75, 3.05) is 74.0 Å². The van der Waals surface area contributed by atoms with Crippen molar-refractivity contribution >= 4 is 70.1 Å². The number of amides is 6. The van der Waals surface area contributed by atoms with Gasteiger partial charge < -0.3 is 25.3 Å². The molecule has 340 valence electrons. The lowest BCUT2D eigenvalue weighted by atomic mass is 9.95. The molecule has 9 rings (SSSR count). The number of nitrogens with zero attached hydrogens (tertiary/aromatic N) is 9. The number of rotatable bonds is 10. The number of imide groups is 2. The summed E-state index contributed by atoms with van der Waals surface area (Å²) < 4.78 is 30.7. The van der Waals surface area contributed by atoms with Crippen LogP contribution in [0, 0.1) is 29.0 Å². The van der Waals surface area contributed by atoms with E-state index in [1.165, 1.54) is 24.5 Å². The summed E-state index contributed by atoms with van der Waals surface area (Å²) >= 11 is 6.26. The van der Waals surface area contributed by atoms with Gasteiger partial charge in [0.25, 0.3) is 17.7 Å². The van der Waals surface area contributed by atoms with Gasteiger partial charge in [0.2, 0.25) is 23.7 Å². The molecule has 0 saturated carbocycles. The number of hydrogen-bond acceptors (Lipinski definition) is 14. The Kier molecular flexibility index (Phi) is 12.3. The number of hydrogen-bond donors (Lipinski definition) is 3. The molecule has 0 spiro atoms. The molecule has 0 bridgehead atoms. The number of piperidine rings is 2. The molecule has 0 radical (unpaired) electrons. The summed E-state index contributed by atoms with van der Waals surface area (Å²) in [7, 11) is 0. The van der Waals surface area contributed by atoms with Gasteiger partial charge in [0.15, 0.2) is 0 Å². The second kappa shape index (κ2) is 18.4. The van der Waals surface area contributed by atoms with Crippen molar-refractivity contribution in [3.05, 3.63) is 99.1 Å². The van der Waals surface area contributed by atoms with E-state index in [0.29, 0.717) is 81.1 Å². The van der Waals surface area contributed by atoms with E-state index in [1.807, 2.05) is 11.0 Å². The van der Waals surface area contributed by atoms with Crippen molar-refractivity contribution < 1.29 is 37.5 Å². The van der Waals surface area contributed by atoms with Gasteiger partial charge in [-0.2, -0.15) is 9.65 Å². The monoisotopic (exact) mass is 920 g/mol. The Morgan fingerprint density at radius 1 is 0.879 bits per heavy atom. The molecular formula is C45H43ClF2N12O6. The molecule has 2 aromatic carbocycles. The molecular weight excluding hydrogens is 878 g/mol. The standard InChI is InChI=1S/C45H43ClF2N12O6/c46-32-17-27(2-1-26(32)20-49)59-12-9-28-34(23-59)51-24-52-41(28)54-37-5-3-29(40(48)53-37)42(63)50-21-39(62)58-10-7-25(8-11-58)22-56-13-15-57(16-14-56)36-19-31-30(18-33(36)47)44(65)60(45(31)66)35-4-6-38(61)55-43(35)64/h1-3,5,17-19,24-25,35H,4,6-16,21-23H2,(H,50,63)(H,55,61,64)(H,51,52,53,54). The van der Waals surface area contributed by atoms with E-state index >= 15 is 8.78 Å². The van der Waals surface area contributed by atoms with Crippen LogP contribution in [0.1, 0.15) is 73.6 Å². The summed E-state index contributed by atoms with van der Waals surface area (Å²) in [6.45, 7) is 4.73. The Morgan fingerprint density at radius 2 is 1.64 bits per heavy atom. The number of fused-ring (bicyclic) bond motifs is 2. The highest BCUT2D eigenvalue weighted by Crippen LogP contribution is 2.34. The molecule has 3 N–H and O–H groups in total. The minimum atomic E-state index is -1.14. The first-order chi connectivity index (χ1) is 31.8. The number of piperazine rings is 1. The normalized spacial score (nSPS) is 19.0. The fourth-order valence-electron chi connectivity index (χ4n) is 9.25. The number of anilines is 4. The zero-order valence-electron chi connectivity index (χ0n) is 35.5. The van der Waals surface area contributed by atoms with Gasteiger partial charge in [-0.15, -0.1) is 0 Å². The van der Waals surface area contributed by atoms with Crippen molar-refractivity contribution in [3.8, 4) is 6.07 Å². The zero-order valence-corrected chi connectivity index (χ0v) is 36.2. The Hall–Kier alpha value is -7.11. The first kappa shape index (κ1) is 44.1. The van der Waals surface area contributed by atoms with E-state index in [1.54, 1.807) is 17.0 Å². The second-order valence-corrected chi connectivity index (χ2v) is 17.3. The minimum absolute atomic E-state index is 0.00875. The van der Waals surface area contributed by atoms with Crippen LogP contribution in [0.5, 0.6) is 0 Å². The van der Waals surface area contributed by atoms with Gasteiger partial charge in [0.05, 0.1) is 51.7 Å². The summed E-state index contributed by atoms with van der Waals surface area (Å²) in [5.74, 6) is -4.47. The first-order valence-electron chi connectivity index (χ1n) is 21.6. The molecule has 6 amide bonds. The summed E-state index contributed by atoms with van der Waals surface area (Å²) in [6, 6.07) is 11.4. The highest BCUT2D eigenvalue weighted by atomic mass is 35.5. The molecule has 3 saturated heterocycles. The van der Waals surface area contributed by atoms with E-state index in [4.69, 9.17) is 11.6 Å². The lowest BCUT2D eigenvalue weighted by Crippen LogP contribution is -2.54. The van der Waals surface area contributed by atoms with Gasteiger partial charge in [-0.1, -0.05) is 11.6 Å². The maximum atomic E-state index is 15.4. The average molecular weight is 921 g/mol. The summed E-state index contributed by atoms with van der Waals surface area (Å²) in [4.78, 5) is 98.0. The fraction of sp³-hybridized carbons (Fsp3) is 0.378. The van der Waals surface area contributed by atoms with Crippen molar-refractivity contribution in [1.82, 2.24) is 40.3 Å². The Balaban J connectivity index is 0.715. The molecule has 2 aromatic heterocycles.